The van der Waals surface area contributed by atoms with Gasteiger partial charge in [0.25, 0.3) is 5.92 Å². The molecule has 14 heteroatoms. The van der Waals surface area contributed by atoms with Crippen LogP contribution in [0.1, 0.15) is 51.2 Å². The average molecular weight is 636 g/mol. The maximum absolute atomic E-state index is 14.8. The Labute approximate surface area is 254 Å². The molecule has 0 spiro atoms. The van der Waals surface area contributed by atoms with Crippen molar-refractivity contribution in [2.24, 2.45) is 0 Å². The normalized spacial score (nSPS) is 18.1. The zero-order chi connectivity index (χ0) is 32.4. The lowest BCUT2D eigenvalue weighted by Gasteiger charge is -2.40. The van der Waals surface area contributed by atoms with E-state index >= 15 is 0 Å². The molecule has 238 valence electrons. The summed E-state index contributed by atoms with van der Waals surface area (Å²) < 4.78 is 70.7. The highest BCUT2D eigenvalue weighted by atomic mass is 28.4. The summed E-state index contributed by atoms with van der Waals surface area (Å²) in [5.41, 5.74) is 0.488. The van der Waals surface area contributed by atoms with Crippen LogP contribution in [0.15, 0.2) is 49.1 Å². The van der Waals surface area contributed by atoms with E-state index < -0.39 is 50.2 Å². The van der Waals surface area contributed by atoms with Gasteiger partial charge >= 0.3 is 0 Å². The molecule has 9 nitrogen and oxygen atoms in total. The van der Waals surface area contributed by atoms with Crippen molar-refractivity contribution >= 4 is 20.0 Å². The molecule has 1 amide bonds. The highest BCUT2D eigenvalue weighted by molar-refractivity contribution is 6.74. The fourth-order valence-electron chi connectivity index (χ4n) is 4.53. The monoisotopic (exact) mass is 635 g/mol. The third-order valence-electron chi connectivity index (χ3n) is 8.38. The van der Waals surface area contributed by atoms with Crippen LogP contribution < -0.4 is 14.8 Å². The number of rotatable bonds is 9. The maximum atomic E-state index is 14.8. The van der Waals surface area contributed by atoms with E-state index in [4.69, 9.17) is 9.16 Å². The van der Waals surface area contributed by atoms with Gasteiger partial charge in [-0.25, -0.2) is 27.5 Å². The number of nitrogens with one attached hydrogen (secondary N) is 1. The molecule has 44 heavy (non-hydrogen) atoms. The van der Waals surface area contributed by atoms with E-state index in [-0.39, 0.29) is 47.7 Å². The van der Waals surface area contributed by atoms with Crippen LogP contribution >= 0.6 is 0 Å². The molecule has 1 aromatic carbocycles. The standard InChI is InChI=1S/C30H37F4N5O4Si/c1-19(38-12-9-30(33,34)23(17-38)20-7-10-39(41)11-8-20)28(40)37-25-15-36-26(16-35-25)43-27-21(13-22(31)14-24(27)32)18-42-44(5,6)29(2,3)4/h7-8,10-11,13-16,19,23H,9,12,17-18H2,1-6H3,(H,35,37,40)/t19-,23+/m0/s1. The maximum Gasteiger partial charge on any atom is 0.257 e. The predicted molar refractivity (Wildman–Crippen MR) is 158 cm³/mol. The van der Waals surface area contributed by atoms with Crippen LogP contribution in [-0.4, -0.2) is 54.1 Å². The number of amides is 1. The van der Waals surface area contributed by atoms with Crippen LogP contribution in [0.5, 0.6) is 11.6 Å². The lowest BCUT2D eigenvalue weighted by atomic mass is 9.87. The van der Waals surface area contributed by atoms with E-state index in [1.54, 1.807) is 11.8 Å². The van der Waals surface area contributed by atoms with Gasteiger partial charge in [-0.2, -0.15) is 4.73 Å². The number of likely N-dealkylation sites (tertiary alicyclic amines) is 1. The van der Waals surface area contributed by atoms with E-state index in [1.807, 2.05) is 13.1 Å². The summed E-state index contributed by atoms with van der Waals surface area (Å²) in [7, 11) is -2.23. The summed E-state index contributed by atoms with van der Waals surface area (Å²) in [6.07, 6.45) is 4.28. The first-order valence-electron chi connectivity index (χ1n) is 14.2. The van der Waals surface area contributed by atoms with Gasteiger partial charge in [0.2, 0.25) is 11.8 Å². The second kappa shape index (κ2) is 12.8. The number of alkyl halides is 2. The van der Waals surface area contributed by atoms with Crippen LogP contribution in [0, 0.1) is 16.8 Å². The molecule has 1 saturated heterocycles. The number of carbonyl (C=O) groups excluding carboxylic acids is 1. The van der Waals surface area contributed by atoms with Gasteiger partial charge in [0.1, 0.15) is 5.82 Å². The summed E-state index contributed by atoms with van der Waals surface area (Å²) in [6, 6.07) is 3.79. The van der Waals surface area contributed by atoms with E-state index in [0.29, 0.717) is 16.4 Å². The molecule has 1 fully saturated rings. The van der Waals surface area contributed by atoms with Crippen molar-refractivity contribution in [3.63, 3.8) is 0 Å². The fraction of sp³-hybridized carbons (Fsp3) is 0.467. The number of aromatic nitrogens is 3. The zero-order valence-electron chi connectivity index (χ0n) is 25.5. The fourth-order valence-corrected chi connectivity index (χ4v) is 5.48. The lowest BCUT2D eigenvalue weighted by molar-refractivity contribution is -0.605. The lowest BCUT2D eigenvalue weighted by Crippen LogP contribution is -2.52. The van der Waals surface area contributed by atoms with Gasteiger partial charge in [0, 0.05) is 43.3 Å². The first kappa shape index (κ1) is 33.3. The molecule has 3 heterocycles. The summed E-state index contributed by atoms with van der Waals surface area (Å²) in [4.78, 5) is 22.9. The minimum atomic E-state index is -3.00. The summed E-state index contributed by atoms with van der Waals surface area (Å²) in [6.45, 7) is 11.6. The predicted octanol–water partition coefficient (Wildman–Crippen LogP) is 6.15. The van der Waals surface area contributed by atoms with Gasteiger partial charge in [-0.15, -0.1) is 0 Å². The van der Waals surface area contributed by atoms with Crippen molar-refractivity contribution in [2.45, 2.75) is 76.7 Å². The molecule has 1 aliphatic rings. The Kier molecular flexibility index (Phi) is 9.66. The van der Waals surface area contributed by atoms with E-state index in [9.17, 15) is 27.6 Å². The third kappa shape index (κ3) is 7.71. The number of hydrogen-bond acceptors (Lipinski definition) is 7. The Morgan fingerprint density at radius 2 is 1.89 bits per heavy atom. The average Bonchev–Trinajstić information content (AvgIpc) is 2.94. The Morgan fingerprint density at radius 3 is 2.50 bits per heavy atom. The highest BCUT2D eigenvalue weighted by Crippen LogP contribution is 2.41. The number of hydrogen-bond donors (Lipinski definition) is 1. The number of halogens is 4. The summed E-state index contributed by atoms with van der Waals surface area (Å²) >= 11 is 0. The molecule has 1 aliphatic heterocycles. The SMILES string of the molecule is C[C@@H](C(=O)Nc1cnc(Oc2c(F)cc(F)cc2CO[Si](C)(C)C(C)(C)C)cn1)N1CCC(F)(F)[C@@H](c2cc[n+]([O-])cc2)C1. The number of anilines is 1. The van der Waals surface area contributed by atoms with Gasteiger partial charge in [-0.3, -0.25) is 9.69 Å². The molecule has 0 radical (unpaired) electrons. The largest absolute Gasteiger partial charge is 0.619 e. The highest BCUT2D eigenvalue weighted by Gasteiger charge is 2.46. The van der Waals surface area contributed by atoms with Crippen LogP contribution in [-0.2, 0) is 15.8 Å². The van der Waals surface area contributed by atoms with Crippen molar-refractivity contribution in [1.29, 1.82) is 0 Å². The quantitative estimate of drug-likeness (QED) is 0.130. The van der Waals surface area contributed by atoms with E-state index in [0.717, 1.165) is 6.07 Å². The first-order valence-corrected chi connectivity index (χ1v) is 17.1. The number of ether oxygens (including phenoxy) is 1. The molecular formula is C30H37F4N5O4Si. The van der Waals surface area contributed by atoms with E-state index in [2.05, 4.69) is 36.1 Å². The van der Waals surface area contributed by atoms with Crippen molar-refractivity contribution < 1.29 is 36.2 Å². The summed E-state index contributed by atoms with van der Waals surface area (Å²) in [5, 5.41) is 13.9. The minimum absolute atomic E-state index is 0.00433. The van der Waals surface area contributed by atoms with Crippen LogP contribution in [0.4, 0.5) is 23.4 Å². The van der Waals surface area contributed by atoms with Crippen molar-refractivity contribution in [1.82, 2.24) is 14.9 Å². The Balaban J connectivity index is 1.41. The number of piperidine rings is 1. The number of pyridine rings is 1. The first-order chi connectivity index (χ1) is 20.5. The Morgan fingerprint density at radius 1 is 1.20 bits per heavy atom. The Hall–Kier alpha value is -3.62. The van der Waals surface area contributed by atoms with Crippen molar-refractivity contribution in [3.05, 3.63) is 77.0 Å². The molecule has 0 bridgehead atoms. The van der Waals surface area contributed by atoms with Crippen molar-refractivity contribution in [3.8, 4) is 11.6 Å². The third-order valence-corrected chi connectivity index (χ3v) is 12.9. The minimum Gasteiger partial charge on any atom is -0.619 e. The van der Waals surface area contributed by atoms with Gasteiger partial charge in [-0.1, -0.05) is 20.8 Å². The molecule has 3 aromatic rings. The molecule has 0 unspecified atom stereocenters. The van der Waals surface area contributed by atoms with Gasteiger partial charge in [0.15, 0.2) is 38.1 Å². The van der Waals surface area contributed by atoms with E-state index in [1.165, 1.54) is 36.9 Å². The van der Waals surface area contributed by atoms with Crippen molar-refractivity contribution in [2.75, 3.05) is 18.4 Å². The topological polar surface area (TPSA) is 104 Å². The van der Waals surface area contributed by atoms with Gasteiger partial charge in [0.05, 0.1) is 31.0 Å². The van der Waals surface area contributed by atoms with Crippen LogP contribution in [0.25, 0.3) is 0 Å². The Bertz CT molecular complexity index is 1470. The molecule has 4 rings (SSSR count). The number of nitrogens with zero attached hydrogens (tertiary/aromatic N) is 4. The number of benzene rings is 1. The van der Waals surface area contributed by atoms with Gasteiger partial charge < -0.3 is 19.7 Å². The summed E-state index contributed by atoms with van der Waals surface area (Å²) in [5.74, 6) is -6.65. The smallest absolute Gasteiger partial charge is 0.257 e. The second-order valence-corrected chi connectivity index (χ2v) is 17.3. The second-order valence-electron chi connectivity index (χ2n) is 12.5. The molecule has 2 aromatic heterocycles. The molecule has 2 atom stereocenters. The number of carbonyl (C=O) groups is 1. The molecular weight excluding hydrogens is 598 g/mol. The van der Waals surface area contributed by atoms with Gasteiger partial charge in [-0.05, 0) is 36.7 Å². The van der Waals surface area contributed by atoms with Crippen LogP contribution in [0.3, 0.4) is 0 Å². The molecule has 1 N–H and O–H groups in total. The zero-order valence-corrected chi connectivity index (χ0v) is 26.5. The van der Waals surface area contributed by atoms with Crippen LogP contribution in [0.2, 0.25) is 18.1 Å². The molecule has 0 saturated carbocycles. The molecule has 0 aliphatic carbocycles.